The number of aromatic nitrogens is 2. The summed E-state index contributed by atoms with van der Waals surface area (Å²) in [7, 11) is 0. The highest BCUT2D eigenvalue weighted by molar-refractivity contribution is 5.25. The molecule has 0 amide bonds. The first-order valence-electron chi connectivity index (χ1n) is 8.69. The van der Waals surface area contributed by atoms with Crippen LogP contribution < -0.4 is 5.73 Å². The quantitative estimate of drug-likeness (QED) is 0.859. The molecule has 1 aliphatic carbocycles. The SMILES string of the molecule is CCCC1CCC(c2nc(C)c(CCCN)c(C)n2)CC1. The van der Waals surface area contributed by atoms with Gasteiger partial charge in [0.05, 0.1) is 0 Å². The van der Waals surface area contributed by atoms with Crippen LogP contribution in [-0.4, -0.2) is 16.5 Å². The molecule has 1 aromatic heterocycles. The van der Waals surface area contributed by atoms with Crippen LogP contribution in [0.3, 0.4) is 0 Å². The largest absolute Gasteiger partial charge is 0.330 e. The smallest absolute Gasteiger partial charge is 0.131 e. The van der Waals surface area contributed by atoms with E-state index in [4.69, 9.17) is 15.7 Å². The minimum absolute atomic E-state index is 0.582. The van der Waals surface area contributed by atoms with Gasteiger partial charge in [0, 0.05) is 17.3 Å². The minimum Gasteiger partial charge on any atom is -0.330 e. The third-order valence-electron chi connectivity index (χ3n) is 4.98. The average Bonchev–Trinajstić information content (AvgIpc) is 2.47. The Balaban J connectivity index is 2.04. The molecule has 1 saturated carbocycles. The van der Waals surface area contributed by atoms with Gasteiger partial charge >= 0.3 is 0 Å². The summed E-state index contributed by atoms with van der Waals surface area (Å²) >= 11 is 0. The van der Waals surface area contributed by atoms with Gasteiger partial charge in [0.2, 0.25) is 0 Å². The van der Waals surface area contributed by atoms with Gasteiger partial charge in [-0.2, -0.15) is 0 Å². The third kappa shape index (κ3) is 4.26. The fraction of sp³-hybridized carbons (Fsp3) is 0.778. The Kier molecular flexibility index (Phi) is 6.16. The Morgan fingerprint density at radius 3 is 2.19 bits per heavy atom. The number of aryl methyl sites for hydroxylation is 2. The molecule has 1 aromatic rings. The summed E-state index contributed by atoms with van der Waals surface area (Å²) in [5.41, 5.74) is 9.27. The second kappa shape index (κ2) is 7.88. The lowest BCUT2D eigenvalue weighted by Gasteiger charge is -2.28. The van der Waals surface area contributed by atoms with Crippen LogP contribution >= 0.6 is 0 Å². The van der Waals surface area contributed by atoms with Crippen LogP contribution in [0.2, 0.25) is 0 Å². The first-order chi connectivity index (χ1) is 10.2. The fourth-order valence-electron chi connectivity index (χ4n) is 3.71. The van der Waals surface area contributed by atoms with Gasteiger partial charge in [-0.15, -0.1) is 0 Å². The van der Waals surface area contributed by atoms with Crippen LogP contribution in [0.5, 0.6) is 0 Å². The van der Waals surface area contributed by atoms with Gasteiger partial charge in [-0.05, 0) is 70.4 Å². The van der Waals surface area contributed by atoms with E-state index in [1.54, 1.807) is 0 Å². The van der Waals surface area contributed by atoms with Gasteiger partial charge in [0.1, 0.15) is 5.82 Å². The van der Waals surface area contributed by atoms with Crippen molar-refractivity contribution in [3.8, 4) is 0 Å². The molecule has 21 heavy (non-hydrogen) atoms. The predicted octanol–water partition coefficient (Wildman–Crippen LogP) is 4.06. The topological polar surface area (TPSA) is 51.8 Å². The summed E-state index contributed by atoms with van der Waals surface area (Å²) in [6, 6.07) is 0. The molecule has 0 bridgehead atoms. The molecular weight excluding hydrogens is 258 g/mol. The van der Waals surface area contributed by atoms with Gasteiger partial charge in [-0.1, -0.05) is 19.8 Å². The lowest BCUT2D eigenvalue weighted by molar-refractivity contribution is 0.302. The highest BCUT2D eigenvalue weighted by Crippen LogP contribution is 2.36. The molecule has 1 heterocycles. The summed E-state index contributed by atoms with van der Waals surface area (Å²) in [5.74, 6) is 2.62. The van der Waals surface area contributed by atoms with Crippen LogP contribution in [-0.2, 0) is 6.42 Å². The third-order valence-corrected chi connectivity index (χ3v) is 4.98. The van der Waals surface area contributed by atoms with Crippen LogP contribution in [0.15, 0.2) is 0 Å². The summed E-state index contributed by atoms with van der Waals surface area (Å²) in [4.78, 5) is 9.66. The van der Waals surface area contributed by atoms with Gasteiger partial charge in [-0.3, -0.25) is 0 Å². The number of rotatable bonds is 6. The summed E-state index contributed by atoms with van der Waals surface area (Å²) in [6.45, 7) is 7.30. The van der Waals surface area contributed by atoms with E-state index in [1.807, 2.05) is 0 Å². The number of nitrogens with two attached hydrogens (primary N) is 1. The average molecular weight is 289 g/mol. The molecule has 2 rings (SSSR count). The van der Waals surface area contributed by atoms with Crippen molar-refractivity contribution >= 4 is 0 Å². The van der Waals surface area contributed by atoms with Gasteiger partial charge in [-0.25, -0.2) is 9.97 Å². The molecular formula is C18H31N3. The first kappa shape index (κ1) is 16.4. The van der Waals surface area contributed by atoms with Crippen LogP contribution in [0.1, 0.15) is 80.6 Å². The molecule has 2 N–H and O–H groups in total. The van der Waals surface area contributed by atoms with E-state index >= 15 is 0 Å². The monoisotopic (exact) mass is 289 g/mol. The molecule has 0 atom stereocenters. The summed E-state index contributed by atoms with van der Waals surface area (Å²) in [5, 5.41) is 0. The Hall–Kier alpha value is -0.960. The van der Waals surface area contributed by atoms with E-state index in [2.05, 4.69) is 20.8 Å². The Morgan fingerprint density at radius 2 is 1.67 bits per heavy atom. The van der Waals surface area contributed by atoms with Crippen molar-refractivity contribution < 1.29 is 0 Å². The Morgan fingerprint density at radius 1 is 1.05 bits per heavy atom. The second-order valence-corrected chi connectivity index (χ2v) is 6.63. The van der Waals surface area contributed by atoms with Crippen molar-refractivity contribution in [1.29, 1.82) is 0 Å². The molecule has 3 heteroatoms. The Bertz CT molecular complexity index is 425. The van der Waals surface area contributed by atoms with E-state index in [9.17, 15) is 0 Å². The fourth-order valence-corrected chi connectivity index (χ4v) is 3.71. The summed E-state index contributed by atoms with van der Waals surface area (Å²) in [6.07, 6.45) is 9.99. The van der Waals surface area contributed by atoms with Crippen LogP contribution in [0.4, 0.5) is 0 Å². The number of nitrogens with zero attached hydrogens (tertiary/aromatic N) is 2. The molecule has 1 aliphatic rings. The maximum atomic E-state index is 5.62. The molecule has 0 radical (unpaired) electrons. The molecule has 1 fully saturated rings. The van der Waals surface area contributed by atoms with E-state index in [0.717, 1.165) is 31.1 Å². The molecule has 0 aliphatic heterocycles. The molecule has 0 saturated heterocycles. The van der Waals surface area contributed by atoms with E-state index in [1.165, 1.54) is 55.5 Å². The van der Waals surface area contributed by atoms with Crippen molar-refractivity contribution in [3.05, 3.63) is 22.8 Å². The maximum Gasteiger partial charge on any atom is 0.131 e. The zero-order valence-electron chi connectivity index (χ0n) is 14.0. The van der Waals surface area contributed by atoms with Crippen molar-refractivity contribution in [2.75, 3.05) is 6.54 Å². The molecule has 0 unspecified atom stereocenters. The first-order valence-corrected chi connectivity index (χ1v) is 8.69. The van der Waals surface area contributed by atoms with Crippen LogP contribution in [0.25, 0.3) is 0 Å². The number of hydrogen-bond acceptors (Lipinski definition) is 3. The predicted molar refractivity (Wildman–Crippen MR) is 88.5 cm³/mol. The lowest BCUT2D eigenvalue weighted by atomic mass is 9.79. The molecule has 0 aromatic carbocycles. The molecule has 0 spiro atoms. The van der Waals surface area contributed by atoms with Crippen molar-refractivity contribution in [2.24, 2.45) is 11.7 Å². The summed E-state index contributed by atoms with van der Waals surface area (Å²) < 4.78 is 0. The zero-order valence-corrected chi connectivity index (χ0v) is 14.0. The second-order valence-electron chi connectivity index (χ2n) is 6.63. The molecule has 118 valence electrons. The van der Waals surface area contributed by atoms with Crippen molar-refractivity contribution in [1.82, 2.24) is 9.97 Å². The van der Waals surface area contributed by atoms with Crippen molar-refractivity contribution in [3.63, 3.8) is 0 Å². The van der Waals surface area contributed by atoms with E-state index < -0.39 is 0 Å². The highest BCUT2D eigenvalue weighted by atomic mass is 14.9. The van der Waals surface area contributed by atoms with Gasteiger partial charge < -0.3 is 5.73 Å². The van der Waals surface area contributed by atoms with Crippen molar-refractivity contribution in [2.45, 2.75) is 78.1 Å². The molecule has 3 nitrogen and oxygen atoms in total. The van der Waals surface area contributed by atoms with Gasteiger partial charge in [0.25, 0.3) is 0 Å². The standard InChI is InChI=1S/C18H31N3/c1-4-6-15-8-10-16(11-9-15)18-20-13(2)17(7-5-12-19)14(3)21-18/h15-16H,4-12,19H2,1-3H3. The van der Waals surface area contributed by atoms with Gasteiger partial charge in [0.15, 0.2) is 0 Å². The zero-order chi connectivity index (χ0) is 15.2. The number of hydrogen-bond donors (Lipinski definition) is 1. The van der Waals surface area contributed by atoms with Crippen LogP contribution in [0, 0.1) is 19.8 Å². The maximum absolute atomic E-state index is 5.62. The lowest BCUT2D eigenvalue weighted by Crippen LogP contribution is -2.17. The Labute approximate surface area is 129 Å². The van der Waals surface area contributed by atoms with E-state index in [0.29, 0.717) is 5.92 Å². The highest BCUT2D eigenvalue weighted by Gasteiger charge is 2.24. The van der Waals surface area contributed by atoms with E-state index in [-0.39, 0.29) is 0 Å². The minimum atomic E-state index is 0.582. The normalized spacial score (nSPS) is 22.5.